The molecule has 0 radical (unpaired) electrons. The van der Waals surface area contributed by atoms with E-state index in [9.17, 15) is 0 Å². The fourth-order valence-corrected chi connectivity index (χ4v) is 6.11. The van der Waals surface area contributed by atoms with Gasteiger partial charge in [0.1, 0.15) is 13.8 Å². The Hall–Kier alpha value is -1.75. The molecule has 4 atom stereocenters. The molecule has 45 heavy (non-hydrogen) atoms. The van der Waals surface area contributed by atoms with Crippen LogP contribution in [0.25, 0.3) is 0 Å². The van der Waals surface area contributed by atoms with Gasteiger partial charge in [0.25, 0.3) is 0 Å². The summed E-state index contributed by atoms with van der Waals surface area (Å²) in [6.07, 6.45) is 6.94. The Bertz CT molecular complexity index is 1090. The van der Waals surface area contributed by atoms with Crippen molar-refractivity contribution >= 4 is 16.4 Å². The predicted molar refractivity (Wildman–Crippen MR) is 191 cm³/mol. The van der Waals surface area contributed by atoms with Crippen LogP contribution in [0.4, 0.5) is 0 Å². The van der Waals surface area contributed by atoms with Crippen LogP contribution in [0, 0.1) is 11.5 Å². The van der Waals surface area contributed by atoms with Crippen molar-refractivity contribution in [3.63, 3.8) is 0 Å². The minimum atomic E-state index is -2.21. The van der Waals surface area contributed by atoms with Crippen LogP contribution < -0.4 is 4.74 Å². The quantitative estimate of drug-likeness (QED) is 0.0641. The van der Waals surface area contributed by atoms with Gasteiger partial charge in [-0.05, 0) is 42.8 Å². The summed E-state index contributed by atoms with van der Waals surface area (Å²) < 4.78 is 41.9. The lowest BCUT2D eigenvalue weighted by molar-refractivity contribution is -0.134. The standard InChI is InChI=1S/C36H62O7Si2/c1-28(17-20-30(37-5)16-15-23-44(10,11)12)24-34(43-45(13,14)36(2,3)4)33(25-32(39-7)26-35(40-8)41-9)42-27-29-18-21-31(38-6)22-19-29/h17-22,24,30,32-35H,16,25-27H2,1-14H3/b20-17+,28-24+/t30-,32-,33-,34-/m1/s1. The molecular weight excluding hydrogens is 601 g/mol. The monoisotopic (exact) mass is 662 g/mol. The smallest absolute Gasteiger partial charge is 0.193 e. The third-order valence-corrected chi connectivity index (χ3v) is 13.5. The molecule has 1 rings (SSSR count). The number of hydrogen-bond acceptors (Lipinski definition) is 7. The molecule has 0 amide bonds. The summed E-state index contributed by atoms with van der Waals surface area (Å²) >= 11 is 0. The maximum Gasteiger partial charge on any atom is 0.193 e. The molecule has 9 heteroatoms. The van der Waals surface area contributed by atoms with E-state index < -0.39 is 16.4 Å². The third-order valence-electron chi connectivity index (χ3n) is 8.11. The van der Waals surface area contributed by atoms with Crippen LogP contribution >= 0.6 is 0 Å². The minimum absolute atomic E-state index is 0.0113. The summed E-state index contributed by atoms with van der Waals surface area (Å²) in [6, 6.07) is 7.95. The molecule has 0 unspecified atom stereocenters. The molecule has 0 aliphatic rings. The molecule has 0 N–H and O–H groups in total. The number of hydrogen-bond donors (Lipinski definition) is 0. The molecule has 0 aromatic heterocycles. The topological polar surface area (TPSA) is 64.6 Å². The van der Waals surface area contributed by atoms with Crippen LogP contribution in [-0.4, -0.2) is 82.6 Å². The lowest BCUT2D eigenvalue weighted by atomic mass is 10.0. The second-order valence-corrected chi connectivity index (χ2v) is 23.6. The second-order valence-electron chi connectivity index (χ2n) is 14.1. The summed E-state index contributed by atoms with van der Waals surface area (Å²) in [5.74, 6) is 4.14. The first-order valence-corrected chi connectivity index (χ1v) is 22.3. The molecule has 0 aliphatic heterocycles. The van der Waals surface area contributed by atoms with Gasteiger partial charge < -0.3 is 32.8 Å². The SMILES string of the molecule is COc1ccc(CO[C@H](C[C@H](CC(OC)OC)OC)[C@@H](/C=C(C)/C=C/[C@@H](CC#C[Si](C)(C)C)OC)O[Si](C)(C)C(C)(C)C)cc1. The minimum Gasteiger partial charge on any atom is -0.497 e. The normalized spacial score (nSPS) is 15.9. The molecule has 1 aromatic rings. The van der Waals surface area contributed by atoms with Crippen LogP contribution in [-0.2, 0) is 34.7 Å². The number of ether oxygens (including phenoxy) is 6. The Labute approximate surface area is 277 Å². The summed E-state index contributed by atoms with van der Waals surface area (Å²) in [5, 5.41) is 0.0113. The first-order valence-electron chi connectivity index (χ1n) is 15.9. The zero-order valence-electron chi connectivity index (χ0n) is 30.6. The van der Waals surface area contributed by atoms with E-state index in [-0.39, 0.29) is 35.7 Å². The first-order chi connectivity index (χ1) is 21.0. The van der Waals surface area contributed by atoms with Gasteiger partial charge in [0.15, 0.2) is 14.6 Å². The summed E-state index contributed by atoms with van der Waals surface area (Å²) in [6.45, 7) is 20.6. The molecular formula is C36H62O7Si2. The van der Waals surface area contributed by atoms with E-state index >= 15 is 0 Å². The highest BCUT2D eigenvalue weighted by atomic mass is 28.4. The van der Waals surface area contributed by atoms with Crippen LogP contribution in [0.3, 0.4) is 0 Å². The Morgan fingerprint density at radius 3 is 1.98 bits per heavy atom. The lowest BCUT2D eigenvalue weighted by Crippen LogP contribution is -2.48. The maximum atomic E-state index is 7.12. The molecule has 0 heterocycles. The largest absolute Gasteiger partial charge is 0.497 e. The van der Waals surface area contributed by atoms with Gasteiger partial charge in [-0.2, -0.15) is 0 Å². The average molecular weight is 663 g/mol. The van der Waals surface area contributed by atoms with Gasteiger partial charge in [0.2, 0.25) is 0 Å². The van der Waals surface area contributed by atoms with E-state index in [0.717, 1.165) is 16.9 Å². The fourth-order valence-electron chi connectivity index (χ4n) is 4.23. The molecule has 0 saturated heterocycles. The van der Waals surface area contributed by atoms with Crippen LogP contribution in [0.2, 0.25) is 37.8 Å². The van der Waals surface area contributed by atoms with E-state index in [1.165, 1.54) is 0 Å². The zero-order chi connectivity index (χ0) is 34.3. The van der Waals surface area contributed by atoms with Gasteiger partial charge >= 0.3 is 0 Å². The highest BCUT2D eigenvalue weighted by Crippen LogP contribution is 2.38. The maximum absolute atomic E-state index is 7.12. The molecule has 0 spiro atoms. The van der Waals surface area contributed by atoms with Gasteiger partial charge in [0, 0.05) is 47.7 Å². The number of rotatable bonds is 19. The molecule has 0 saturated carbocycles. The van der Waals surface area contributed by atoms with Crippen molar-refractivity contribution in [2.45, 2.75) is 122 Å². The van der Waals surface area contributed by atoms with Gasteiger partial charge in [-0.1, -0.05) is 76.3 Å². The summed E-state index contributed by atoms with van der Waals surface area (Å²) in [5.41, 5.74) is 5.55. The van der Waals surface area contributed by atoms with Crippen molar-refractivity contribution in [3.8, 4) is 17.2 Å². The Morgan fingerprint density at radius 1 is 0.867 bits per heavy atom. The van der Waals surface area contributed by atoms with Crippen LogP contribution in [0.5, 0.6) is 5.75 Å². The lowest BCUT2D eigenvalue weighted by Gasteiger charge is -2.41. The van der Waals surface area contributed by atoms with Crippen molar-refractivity contribution in [2.24, 2.45) is 0 Å². The molecule has 0 aliphatic carbocycles. The number of benzene rings is 1. The average Bonchev–Trinajstić information content (AvgIpc) is 2.97. The van der Waals surface area contributed by atoms with E-state index in [0.29, 0.717) is 25.9 Å². The van der Waals surface area contributed by atoms with Gasteiger partial charge in [-0.15, -0.1) is 11.5 Å². The van der Waals surface area contributed by atoms with Gasteiger partial charge in [-0.25, -0.2) is 0 Å². The van der Waals surface area contributed by atoms with Crippen molar-refractivity contribution < 1.29 is 32.8 Å². The first kappa shape index (κ1) is 41.3. The van der Waals surface area contributed by atoms with Gasteiger partial charge in [0.05, 0.1) is 38.1 Å². The van der Waals surface area contributed by atoms with E-state index in [4.69, 9.17) is 32.8 Å². The molecule has 7 nitrogen and oxygen atoms in total. The van der Waals surface area contributed by atoms with Crippen molar-refractivity contribution in [3.05, 3.63) is 53.6 Å². The molecule has 0 bridgehead atoms. The molecule has 256 valence electrons. The van der Waals surface area contributed by atoms with Gasteiger partial charge in [-0.3, -0.25) is 0 Å². The molecule has 0 fully saturated rings. The van der Waals surface area contributed by atoms with E-state index in [2.05, 4.69) is 90.1 Å². The second kappa shape index (κ2) is 19.8. The van der Waals surface area contributed by atoms with Crippen molar-refractivity contribution in [1.29, 1.82) is 0 Å². The van der Waals surface area contributed by atoms with Crippen LogP contribution in [0.15, 0.2) is 48.1 Å². The predicted octanol–water partition coefficient (Wildman–Crippen LogP) is 8.17. The molecule has 1 aromatic carbocycles. The van der Waals surface area contributed by atoms with Crippen LogP contribution in [0.1, 0.15) is 52.5 Å². The Morgan fingerprint density at radius 2 is 1.49 bits per heavy atom. The van der Waals surface area contributed by atoms with E-state index in [1.807, 2.05) is 24.3 Å². The highest BCUT2D eigenvalue weighted by Gasteiger charge is 2.41. The number of allylic oxidation sites excluding steroid dienone is 2. The third kappa shape index (κ3) is 16.1. The Kier molecular flexibility index (Phi) is 18.2. The Balaban J connectivity index is 3.50. The zero-order valence-corrected chi connectivity index (χ0v) is 32.6. The summed E-state index contributed by atoms with van der Waals surface area (Å²) in [4.78, 5) is 0. The van der Waals surface area contributed by atoms with E-state index in [1.54, 1.807) is 35.5 Å². The highest BCUT2D eigenvalue weighted by molar-refractivity contribution is 6.83. The fraction of sp³-hybridized carbons (Fsp3) is 0.667. The summed E-state index contributed by atoms with van der Waals surface area (Å²) in [7, 11) is 4.76. The van der Waals surface area contributed by atoms with Crippen molar-refractivity contribution in [1.82, 2.24) is 0 Å². The van der Waals surface area contributed by atoms with Crippen molar-refractivity contribution in [2.75, 3.05) is 35.5 Å². The number of methoxy groups -OCH3 is 5.